The third-order valence-corrected chi connectivity index (χ3v) is 5.53. The van der Waals surface area contributed by atoms with Crippen molar-refractivity contribution < 1.29 is 0 Å². The van der Waals surface area contributed by atoms with Gasteiger partial charge in [0, 0.05) is 25.2 Å². The van der Waals surface area contributed by atoms with E-state index in [9.17, 15) is 0 Å². The molecule has 0 saturated carbocycles. The van der Waals surface area contributed by atoms with Gasteiger partial charge in [0.15, 0.2) is 0 Å². The van der Waals surface area contributed by atoms with Gasteiger partial charge in [0.05, 0.1) is 3.79 Å². The first-order valence-electron chi connectivity index (χ1n) is 6.38. The molecule has 1 aromatic heterocycles. The molecular formula is C13H22BrN3S. The summed E-state index contributed by atoms with van der Waals surface area (Å²) < 4.78 is 1.20. The number of thiophene rings is 1. The van der Waals surface area contributed by atoms with Gasteiger partial charge in [-0.25, -0.2) is 0 Å². The minimum Gasteiger partial charge on any atom is -0.329 e. The van der Waals surface area contributed by atoms with Gasteiger partial charge < -0.3 is 10.6 Å². The van der Waals surface area contributed by atoms with Crippen molar-refractivity contribution >= 4 is 27.3 Å². The van der Waals surface area contributed by atoms with Crippen LogP contribution in [0.1, 0.15) is 18.4 Å². The van der Waals surface area contributed by atoms with Gasteiger partial charge in [-0.15, -0.1) is 11.3 Å². The number of piperidine rings is 1. The molecule has 102 valence electrons. The fourth-order valence-corrected chi connectivity index (χ4v) is 4.04. The summed E-state index contributed by atoms with van der Waals surface area (Å²) in [6.07, 6.45) is 2.45. The third-order valence-electron chi connectivity index (χ3n) is 3.98. The molecule has 0 radical (unpaired) electrons. The van der Waals surface area contributed by atoms with E-state index in [0.717, 1.165) is 19.6 Å². The van der Waals surface area contributed by atoms with Crippen LogP contribution in [0.2, 0.25) is 0 Å². The van der Waals surface area contributed by atoms with Crippen LogP contribution >= 0.6 is 27.3 Å². The number of nitrogens with zero attached hydrogens (tertiary/aromatic N) is 2. The second kappa shape index (κ2) is 6.01. The lowest BCUT2D eigenvalue weighted by molar-refractivity contribution is 0.0397. The normalized spacial score (nSPS) is 25.8. The molecule has 3 nitrogen and oxygen atoms in total. The summed E-state index contributed by atoms with van der Waals surface area (Å²) in [4.78, 5) is 4.84. The molecule has 0 bridgehead atoms. The van der Waals surface area contributed by atoms with E-state index in [2.05, 4.69) is 51.3 Å². The van der Waals surface area contributed by atoms with E-state index < -0.39 is 0 Å². The Labute approximate surface area is 122 Å². The Kier molecular flexibility index (Phi) is 4.83. The van der Waals surface area contributed by atoms with E-state index in [1.54, 1.807) is 11.3 Å². The smallest absolute Gasteiger partial charge is 0.0701 e. The summed E-state index contributed by atoms with van der Waals surface area (Å²) in [5, 5.41) is 2.22. The second-order valence-electron chi connectivity index (χ2n) is 5.38. The number of halogens is 1. The van der Waals surface area contributed by atoms with Crippen molar-refractivity contribution in [2.24, 2.45) is 5.73 Å². The maximum atomic E-state index is 6.09. The van der Waals surface area contributed by atoms with Gasteiger partial charge in [-0.1, -0.05) is 0 Å². The molecule has 2 N–H and O–H groups in total. The molecule has 2 heterocycles. The van der Waals surface area contributed by atoms with Gasteiger partial charge in [-0.3, -0.25) is 4.90 Å². The highest BCUT2D eigenvalue weighted by atomic mass is 79.9. The summed E-state index contributed by atoms with van der Waals surface area (Å²) in [5.74, 6) is 0. The Morgan fingerprint density at radius 3 is 2.94 bits per heavy atom. The van der Waals surface area contributed by atoms with E-state index in [-0.39, 0.29) is 5.54 Å². The highest BCUT2D eigenvalue weighted by Gasteiger charge is 2.36. The third kappa shape index (κ3) is 3.14. The number of nitrogens with two attached hydrogens (primary N) is 1. The molecule has 1 aliphatic rings. The maximum Gasteiger partial charge on any atom is 0.0701 e. The van der Waals surface area contributed by atoms with Crippen LogP contribution in [0.3, 0.4) is 0 Å². The Bertz CT molecular complexity index is 395. The van der Waals surface area contributed by atoms with Crippen LogP contribution in [0.4, 0.5) is 0 Å². The zero-order valence-corrected chi connectivity index (χ0v) is 13.6. The lowest BCUT2D eigenvalue weighted by Gasteiger charge is -2.47. The first-order chi connectivity index (χ1) is 8.55. The molecule has 1 unspecified atom stereocenters. The molecular weight excluding hydrogens is 310 g/mol. The highest BCUT2D eigenvalue weighted by molar-refractivity contribution is 9.11. The van der Waals surface area contributed by atoms with Gasteiger partial charge in [0.1, 0.15) is 0 Å². The van der Waals surface area contributed by atoms with E-state index in [1.165, 1.54) is 28.7 Å². The van der Waals surface area contributed by atoms with Crippen molar-refractivity contribution in [3.63, 3.8) is 0 Å². The quantitative estimate of drug-likeness (QED) is 0.919. The molecule has 0 amide bonds. The zero-order chi connectivity index (χ0) is 13.2. The highest BCUT2D eigenvalue weighted by Crippen LogP contribution is 2.28. The van der Waals surface area contributed by atoms with Gasteiger partial charge >= 0.3 is 0 Å². The zero-order valence-electron chi connectivity index (χ0n) is 11.2. The Hall–Kier alpha value is 0.0600. The molecule has 0 aromatic carbocycles. The van der Waals surface area contributed by atoms with Crippen LogP contribution in [0.25, 0.3) is 0 Å². The molecule has 2 rings (SSSR count). The number of hydrogen-bond acceptors (Lipinski definition) is 4. The van der Waals surface area contributed by atoms with Crippen molar-refractivity contribution in [1.29, 1.82) is 0 Å². The van der Waals surface area contributed by atoms with E-state index in [0.29, 0.717) is 0 Å². The van der Waals surface area contributed by atoms with Gasteiger partial charge in [0.25, 0.3) is 0 Å². The standard InChI is InChI=1S/C13H22BrN3S/c1-16-5-3-4-13(9-15,10-16)17(2)7-11-6-12(14)18-8-11/h6,8H,3-5,7,9-10,15H2,1-2H3. The van der Waals surface area contributed by atoms with Crippen molar-refractivity contribution in [2.45, 2.75) is 24.9 Å². The Morgan fingerprint density at radius 1 is 1.61 bits per heavy atom. The molecule has 1 atom stereocenters. The van der Waals surface area contributed by atoms with Crippen molar-refractivity contribution in [1.82, 2.24) is 9.80 Å². The van der Waals surface area contributed by atoms with Gasteiger partial charge in [0.2, 0.25) is 0 Å². The van der Waals surface area contributed by atoms with Crippen LogP contribution < -0.4 is 5.73 Å². The average molecular weight is 332 g/mol. The van der Waals surface area contributed by atoms with Crippen LogP contribution in [0.5, 0.6) is 0 Å². The Balaban J connectivity index is 2.07. The predicted molar refractivity (Wildman–Crippen MR) is 82.0 cm³/mol. The van der Waals surface area contributed by atoms with Crippen LogP contribution in [-0.4, -0.2) is 49.1 Å². The van der Waals surface area contributed by atoms with E-state index >= 15 is 0 Å². The van der Waals surface area contributed by atoms with Crippen LogP contribution in [0.15, 0.2) is 15.2 Å². The topological polar surface area (TPSA) is 32.5 Å². The van der Waals surface area contributed by atoms with Crippen LogP contribution in [0, 0.1) is 0 Å². The van der Waals surface area contributed by atoms with Crippen molar-refractivity contribution in [3.8, 4) is 0 Å². The fourth-order valence-electron chi connectivity index (χ4n) is 2.84. The van der Waals surface area contributed by atoms with Crippen molar-refractivity contribution in [2.75, 3.05) is 33.7 Å². The summed E-state index contributed by atoms with van der Waals surface area (Å²) in [7, 11) is 4.40. The van der Waals surface area contributed by atoms with Crippen LogP contribution in [-0.2, 0) is 6.54 Å². The van der Waals surface area contributed by atoms with E-state index in [1.807, 2.05) is 0 Å². The first-order valence-corrected chi connectivity index (χ1v) is 8.06. The monoisotopic (exact) mass is 331 g/mol. The molecule has 1 aromatic rings. The molecule has 0 aliphatic carbocycles. The number of likely N-dealkylation sites (N-methyl/N-ethyl adjacent to an activating group) is 2. The SMILES string of the molecule is CN1CCCC(CN)(N(C)Cc2csc(Br)c2)C1. The number of likely N-dealkylation sites (tertiary alicyclic amines) is 1. The minimum absolute atomic E-state index is 0.140. The Morgan fingerprint density at radius 2 is 2.39 bits per heavy atom. The van der Waals surface area contributed by atoms with Gasteiger partial charge in [-0.2, -0.15) is 0 Å². The second-order valence-corrected chi connectivity index (χ2v) is 7.68. The molecule has 1 aliphatic heterocycles. The average Bonchev–Trinajstić information content (AvgIpc) is 2.74. The van der Waals surface area contributed by atoms with E-state index in [4.69, 9.17) is 5.73 Å². The number of rotatable bonds is 4. The van der Waals surface area contributed by atoms with Gasteiger partial charge in [-0.05, 0) is 66.4 Å². The fraction of sp³-hybridized carbons (Fsp3) is 0.692. The molecule has 18 heavy (non-hydrogen) atoms. The molecule has 1 fully saturated rings. The maximum absolute atomic E-state index is 6.09. The predicted octanol–water partition coefficient (Wildman–Crippen LogP) is 2.37. The molecule has 5 heteroatoms. The summed E-state index contributed by atoms with van der Waals surface area (Å²) >= 11 is 5.27. The van der Waals surface area contributed by atoms with Crippen molar-refractivity contribution in [3.05, 3.63) is 20.8 Å². The minimum atomic E-state index is 0.140. The molecule has 1 saturated heterocycles. The molecule has 0 spiro atoms. The lowest BCUT2D eigenvalue weighted by atomic mass is 9.87. The lowest BCUT2D eigenvalue weighted by Crippen LogP contribution is -2.60. The summed E-state index contributed by atoms with van der Waals surface area (Å²) in [5.41, 5.74) is 7.60. The largest absolute Gasteiger partial charge is 0.329 e. The summed E-state index contributed by atoms with van der Waals surface area (Å²) in [6, 6.07) is 2.21. The first kappa shape index (κ1) is 14.5. The number of hydrogen-bond donors (Lipinski definition) is 1. The summed E-state index contributed by atoms with van der Waals surface area (Å²) in [6.45, 7) is 3.98.